The maximum Gasteiger partial charge on any atom is 0.166 e. The van der Waals surface area contributed by atoms with E-state index in [1.165, 1.54) is 29.5 Å². The molecule has 0 N–H and O–H groups in total. The van der Waals surface area contributed by atoms with Crippen LogP contribution in [0.2, 0.25) is 0 Å². The lowest BCUT2D eigenvalue weighted by Gasteiger charge is -2.09. The van der Waals surface area contributed by atoms with Gasteiger partial charge >= 0.3 is 0 Å². The van der Waals surface area contributed by atoms with Gasteiger partial charge in [0.15, 0.2) is 5.70 Å². The van der Waals surface area contributed by atoms with Gasteiger partial charge in [-0.05, 0) is 42.9 Å². The Morgan fingerprint density at radius 3 is 2.73 bits per heavy atom. The Bertz CT molecular complexity index is 435. The molecule has 0 amide bonds. The lowest BCUT2D eigenvalue weighted by atomic mass is 9.97. The fourth-order valence-corrected chi connectivity index (χ4v) is 2.23. The molecule has 0 radical (unpaired) electrons. The molecule has 2 rings (SSSR count). The van der Waals surface area contributed by atoms with Gasteiger partial charge in [0.2, 0.25) is 0 Å². The summed E-state index contributed by atoms with van der Waals surface area (Å²) in [7, 11) is 0. The maximum absolute atomic E-state index is 7.12. The summed E-state index contributed by atoms with van der Waals surface area (Å²) in [4.78, 5) is 3.58. The lowest BCUT2D eigenvalue weighted by molar-refractivity contribution is 0.770. The molecule has 1 heteroatoms. The first-order valence-electron chi connectivity index (χ1n) is 5.48. The van der Waals surface area contributed by atoms with Crippen LogP contribution < -0.4 is 0 Å². The van der Waals surface area contributed by atoms with E-state index in [1.54, 1.807) is 0 Å². The maximum atomic E-state index is 7.12. The average molecular weight is 197 g/mol. The van der Waals surface area contributed by atoms with Gasteiger partial charge in [0.05, 0.1) is 6.57 Å². The normalized spacial score (nSPS) is 18.7. The summed E-state index contributed by atoms with van der Waals surface area (Å²) >= 11 is 0. The Morgan fingerprint density at radius 2 is 1.93 bits per heavy atom. The molecule has 0 bridgehead atoms. The molecule has 0 spiro atoms. The van der Waals surface area contributed by atoms with Crippen molar-refractivity contribution >= 4 is 5.57 Å². The smallest absolute Gasteiger partial charge is 0.166 e. The molecule has 0 heterocycles. The number of hydrogen-bond acceptors (Lipinski definition) is 0. The van der Waals surface area contributed by atoms with Crippen LogP contribution in [0.3, 0.4) is 0 Å². The minimum atomic E-state index is 0.865. The Morgan fingerprint density at radius 1 is 1.20 bits per heavy atom. The predicted octanol–water partition coefficient (Wildman–Crippen LogP) is 4.06. The molecule has 0 aliphatic heterocycles. The van der Waals surface area contributed by atoms with Crippen LogP contribution in [0, 0.1) is 6.57 Å². The van der Waals surface area contributed by atoms with E-state index < -0.39 is 0 Å². The second kappa shape index (κ2) is 4.31. The van der Waals surface area contributed by atoms with Gasteiger partial charge in [0.1, 0.15) is 0 Å². The Balaban J connectivity index is 2.57. The fourth-order valence-electron chi connectivity index (χ4n) is 2.23. The second-order valence-electron chi connectivity index (χ2n) is 4.04. The standard InChI is InChI=1S/C14H15N/c1-11(15-2)13-9-5-3-7-12-8-4-6-10-14(12)13/h4,6,8,10H,3,5,7,9H2,1H3/b13-11-. The van der Waals surface area contributed by atoms with Crippen LogP contribution in [0.15, 0.2) is 30.0 Å². The Kier molecular flexibility index (Phi) is 2.87. The summed E-state index contributed by atoms with van der Waals surface area (Å²) in [5.74, 6) is 0. The molecule has 15 heavy (non-hydrogen) atoms. The van der Waals surface area contributed by atoms with E-state index in [-0.39, 0.29) is 0 Å². The Labute approximate surface area is 91.3 Å². The monoisotopic (exact) mass is 197 g/mol. The van der Waals surface area contributed by atoms with Gasteiger partial charge in [-0.1, -0.05) is 30.7 Å². The van der Waals surface area contributed by atoms with Gasteiger partial charge in [0, 0.05) is 0 Å². The number of benzene rings is 1. The first-order valence-corrected chi connectivity index (χ1v) is 5.48. The summed E-state index contributed by atoms with van der Waals surface area (Å²) in [5.41, 5.74) is 4.85. The van der Waals surface area contributed by atoms with Gasteiger partial charge < -0.3 is 0 Å². The van der Waals surface area contributed by atoms with E-state index in [1.807, 2.05) is 6.92 Å². The Hall–Kier alpha value is -1.55. The minimum absolute atomic E-state index is 0.865. The second-order valence-corrected chi connectivity index (χ2v) is 4.04. The average Bonchev–Trinajstić information content (AvgIpc) is 2.50. The van der Waals surface area contributed by atoms with Crippen molar-refractivity contribution in [2.45, 2.75) is 32.6 Å². The first kappa shape index (κ1) is 9.98. The lowest BCUT2D eigenvalue weighted by Crippen LogP contribution is -1.90. The van der Waals surface area contributed by atoms with E-state index in [2.05, 4.69) is 29.1 Å². The van der Waals surface area contributed by atoms with Crippen molar-refractivity contribution in [3.63, 3.8) is 0 Å². The highest BCUT2D eigenvalue weighted by molar-refractivity contribution is 5.72. The topological polar surface area (TPSA) is 4.36 Å². The van der Waals surface area contributed by atoms with Gasteiger partial charge in [-0.3, -0.25) is 0 Å². The number of nitrogens with zero attached hydrogens (tertiary/aromatic N) is 1. The minimum Gasteiger partial charge on any atom is -0.243 e. The molecule has 1 aliphatic carbocycles. The van der Waals surface area contributed by atoms with Gasteiger partial charge in [-0.2, -0.15) is 0 Å². The van der Waals surface area contributed by atoms with Crippen LogP contribution in [0.25, 0.3) is 10.4 Å². The van der Waals surface area contributed by atoms with Crippen molar-refractivity contribution in [1.29, 1.82) is 0 Å². The third-order valence-electron chi connectivity index (χ3n) is 3.07. The zero-order valence-electron chi connectivity index (χ0n) is 9.09. The highest BCUT2D eigenvalue weighted by Crippen LogP contribution is 2.32. The van der Waals surface area contributed by atoms with Crippen LogP contribution in [0.1, 0.15) is 37.3 Å². The molecule has 1 nitrogen and oxygen atoms in total. The van der Waals surface area contributed by atoms with Crippen molar-refractivity contribution < 1.29 is 0 Å². The summed E-state index contributed by atoms with van der Waals surface area (Å²) in [6.45, 7) is 9.06. The van der Waals surface area contributed by atoms with Crippen molar-refractivity contribution in [2.24, 2.45) is 0 Å². The number of fused-ring (bicyclic) bond motifs is 1. The van der Waals surface area contributed by atoms with E-state index in [9.17, 15) is 0 Å². The van der Waals surface area contributed by atoms with Crippen LogP contribution in [-0.2, 0) is 6.42 Å². The summed E-state index contributed by atoms with van der Waals surface area (Å²) < 4.78 is 0. The molecule has 1 aromatic rings. The summed E-state index contributed by atoms with van der Waals surface area (Å²) in [6.07, 6.45) is 4.67. The zero-order valence-corrected chi connectivity index (χ0v) is 9.09. The van der Waals surface area contributed by atoms with E-state index in [0.717, 1.165) is 18.5 Å². The molecule has 0 atom stereocenters. The van der Waals surface area contributed by atoms with Gasteiger partial charge in [0.25, 0.3) is 0 Å². The van der Waals surface area contributed by atoms with E-state index >= 15 is 0 Å². The number of aryl methyl sites for hydroxylation is 1. The third kappa shape index (κ3) is 1.94. The SMILES string of the molecule is [C-]#[N+]/C(C)=C1/CCCCc2ccccc21. The quantitative estimate of drug-likeness (QED) is 0.436. The van der Waals surface area contributed by atoms with E-state index in [0.29, 0.717) is 0 Å². The van der Waals surface area contributed by atoms with Crippen molar-refractivity contribution in [3.8, 4) is 0 Å². The van der Waals surface area contributed by atoms with Crippen LogP contribution in [0.4, 0.5) is 0 Å². The number of allylic oxidation sites excluding steroid dienone is 2. The molecule has 0 aromatic heterocycles. The number of rotatable bonds is 0. The van der Waals surface area contributed by atoms with Crippen LogP contribution >= 0.6 is 0 Å². The fraction of sp³-hybridized carbons (Fsp3) is 0.357. The highest BCUT2D eigenvalue weighted by atomic mass is 14.6. The van der Waals surface area contributed by atoms with Crippen molar-refractivity contribution in [2.75, 3.05) is 0 Å². The highest BCUT2D eigenvalue weighted by Gasteiger charge is 2.13. The van der Waals surface area contributed by atoms with Crippen molar-refractivity contribution in [3.05, 3.63) is 52.5 Å². The van der Waals surface area contributed by atoms with Crippen LogP contribution in [-0.4, -0.2) is 0 Å². The first-order chi connectivity index (χ1) is 7.33. The molecular formula is C14H15N. The third-order valence-corrected chi connectivity index (χ3v) is 3.07. The van der Waals surface area contributed by atoms with Crippen LogP contribution in [0.5, 0.6) is 0 Å². The number of hydrogen-bond donors (Lipinski definition) is 0. The molecule has 1 aromatic carbocycles. The van der Waals surface area contributed by atoms with Crippen molar-refractivity contribution in [1.82, 2.24) is 0 Å². The molecule has 1 aliphatic rings. The molecule has 0 saturated heterocycles. The summed E-state index contributed by atoms with van der Waals surface area (Å²) in [6, 6.07) is 8.51. The largest absolute Gasteiger partial charge is 0.243 e. The molecule has 0 unspecified atom stereocenters. The van der Waals surface area contributed by atoms with Gasteiger partial charge in [-0.25, -0.2) is 4.85 Å². The molecule has 76 valence electrons. The predicted molar refractivity (Wildman–Crippen MR) is 63.2 cm³/mol. The van der Waals surface area contributed by atoms with E-state index in [4.69, 9.17) is 6.57 Å². The summed E-state index contributed by atoms with van der Waals surface area (Å²) in [5, 5.41) is 0. The molecular weight excluding hydrogens is 182 g/mol. The van der Waals surface area contributed by atoms with Gasteiger partial charge in [-0.15, -0.1) is 0 Å². The zero-order chi connectivity index (χ0) is 10.7. The molecule has 0 saturated carbocycles. The molecule has 0 fully saturated rings.